The third-order valence-electron chi connectivity index (χ3n) is 2.22. The van der Waals surface area contributed by atoms with Crippen molar-refractivity contribution in [3.63, 3.8) is 0 Å². The van der Waals surface area contributed by atoms with Crippen LogP contribution in [0.2, 0.25) is 0 Å². The molecule has 0 fully saturated rings. The van der Waals surface area contributed by atoms with Gasteiger partial charge in [-0.25, -0.2) is 4.98 Å². The lowest BCUT2D eigenvalue weighted by molar-refractivity contribution is 0.533. The van der Waals surface area contributed by atoms with Crippen molar-refractivity contribution in [2.75, 3.05) is 0 Å². The zero-order valence-corrected chi connectivity index (χ0v) is 8.06. The molecule has 0 aliphatic heterocycles. The lowest BCUT2D eigenvalue weighted by atomic mass is 10.2. The van der Waals surface area contributed by atoms with Gasteiger partial charge in [-0.15, -0.1) is 10.2 Å². The van der Waals surface area contributed by atoms with Gasteiger partial charge in [-0.05, 0) is 12.1 Å². The molecule has 0 unspecified atom stereocenters. The van der Waals surface area contributed by atoms with Crippen molar-refractivity contribution in [3.05, 3.63) is 30.4 Å². The zero-order valence-electron chi connectivity index (χ0n) is 8.06. The van der Waals surface area contributed by atoms with Crippen molar-refractivity contribution in [1.29, 1.82) is 0 Å². The second kappa shape index (κ2) is 2.91. The second-order valence-corrected chi connectivity index (χ2v) is 3.22. The number of pyridine rings is 1. The van der Waals surface area contributed by atoms with E-state index in [9.17, 15) is 0 Å². The summed E-state index contributed by atoms with van der Waals surface area (Å²) < 4.78 is 5.38. The van der Waals surface area contributed by atoms with E-state index >= 15 is 0 Å². The number of aromatic nitrogens is 4. The minimum Gasteiger partial charge on any atom is -0.421 e. The summed E-state index contributed by atoms with van der Waals surface area (Å²) in [4.78, 5) is 7.22. The highest BCUT2D eigenvalue weighted by Gasteiger charge is 2.10. The first-order chi connectivity index (χ1) is 7.34. The van der Waals surface area contributed by atoms with E-state index in [1.165, 1.54) is 0 Å². The van der Waals surface area contributed by atoms with Crippen molar-refractivity contribution in [2.24, 2.45) is 0 Å². The van der Waals surface area contributed by atoms with Crippen LogP contribution in [0.25, 0.3) is 22.5 Å². The summed E-state index contributed by atoms with van der Waals surface area (Å²) in [6.07, 6.45) is 3.55. The molecule has 3 aromatic rings. The Labute approximate surface area is 85.2 Å². The molecule has 0 aromatic carbocycles. The number of aryl methyl sites for hydroxylation is 1. The van der Waals surface area contributed by atoms with Gasteiger partial charge < -0.3 is 9.40 Å². The van der Waals surface area contributed by atoms with Crippen LogP contribution in [0, 0.1) is 6.92 Å². The Bertz CT molecular complexity index is 610. The molecule has 0 aliphatic carbocycles. The molecule has 15 heavy (non-hydrogen) atoms. The maximum Gasteiger partial charge on any atom is 0.248 e. The molecule has 0 amide bonds. The van der Waals surface area contributed by atoms with Crippen LogP contribution in [0.1, 0.15) is 5.89 Å². The van der Waals surface area contributed by atoms with E-state index in [1.54, 1.807) is 13.1 Å². The first kappa shape index (κ1) is 8.16. The van der Waals surface area contributed by atoms with Crippen LogP contribution in [-0.2, 0) is 0 Å². The van der Waals surface area contributed by atoms with Gasteiger partial charge in [-0.3, -0.25) is 0 Å². The third kappa shape index (κ3) is 1.20. The van der Waals surface area contributed by atoms with Gasteiger partial charge in [0.05, 0.1) is 5.56 Å². The number of nitrogens with zero attached hydrogens (tertiary/aromatic N) is 3. The molecule has 5 nitrogen and oxygen atoms in total. The van der Waals surface area contributed by atoms with E-state index < -0.39 is 0 Å². The second-order valence-electron chi connectivity index (χ2n) is 3.22. The molecule has 0 aliphatic rings. The molecule has 3 aromatic heterocycles. The summed E-state index contributed by atoms with van der Waals surface area (Å²) in [5, 5.41) is 8.78. The van der Waals surface area contributed by atoms with E-state index in [1.807, 2.05) is 18.3 Å². The van der Waals surface area contributed by atoms with Crippen LogP contribution in [0.5, 0.6) is 0 Å². The topological polar surface area (TPSA) is 67.6 Å². The number of H-pyrrole nitrogens is 1. The largest absolute Gasteiger partial charge is 0.421 e. The van der Waals surface area contributed by atoms with Crippen LogP contribution in [0.4, 0.5) is 0 Å². The van der Waals surface area contributed by atoms with Crippen molar-refractivity contribution in [3.8, 4) is 11.5 Å². The summed E-state index contributed by atoms with van der Waals surface area (Å²) in [6.45, 7) is 1.77. The predicted octanol–water partition coefficient (Wildman–Crippen LogP) is 1.92. The number of hydrogen-bond acceptors (Lipinski definition) is 4. The van der Waals surface area contributed by atoms with E-state index in [-0.39, 0.29) is 0 Å². The van der Waals surface area contributed by atoms with Crippen LogP contribution < -0.4 is 0 Å². The molecule has 0 saturated heterocycles. The lowest BCUT2D eigenvalue weighted by Gasteiger charge is -1.95. The lowest BCUT2D eigenvalue weighted by Crippen LogP contribution is -1.81. The Balaban J connectivity index is 2.30. The van der Waals surface area contributed by atoms with Gasteiger partial charge in [0.1, 0.15) is 5.65 Å². The van der Waals surface area contributed by atoms with E-state index in [0.717, 1.165) is 16.6 Å². The quantitative estimate of drug-likeness (QED) is 0.651. The van der Waals surface area contributed by atoms with Gasteiger partial charge in [0.25, 0.3) is 0 Å². The molecule has 3 rings (SSSR count). The van der Waals surface area contributed by atoms with Gasteiger partial charge in [-0.2, -0.15) is 0 Å². The summed E-state index contributed by atoms with van der Waals surface area (Å²) in [7, 11) is 0. The smallest absolute Gasteiger partial charge is 0.248 e. The SMILES string of the molecule is Cc1nnc(-c2ccnc3[nH]ccc23)o1. The van der Waals surface area contributed by atoms with E-state index in [2.05, 4.69) is 20.2 Å². The monoisotopic (exact) mass is 200 g/mol. The minimum atomic E-state index is 0.527. The van der Waals surface area contributed by atoms with Gasteiger partial charge >= 0.3 is 0 Å². The number of rotatable bonds is 1. The number of hydrogen-bond donors (Lipinski definition) is 1. The first-order valence-electron chi connectivity index (χ1n) is 4.57. The highest BCUT2D eigenvalue weighted by molar-refractivity contribution is 5.90. The Kier molecular flexibility index (Phi) is 1.58. The fraction of sp³-hybridized carbons (Fsp3) is 0.100. The average Bonchev–Trinajstić information content (AvgIpc) is 2.84. The minimum absolute atomic E-state index is 0.527. The molecular weight excluding hydrogens is 192 g/mol. The molecule has 0 saturated carbocycles. The maximum absolute atomic E-state index is 5.38. The van der Waals surface area contributed by atoms with Crippen molar-refractivity contribution in [2.45, 2.75) is 6.92 Å². The standard InChI is InChI=1S/C10H8N4O/c1-6-13-14-10(15-6)8-3-5-12-9-7(8)2-4-11-9/h2-5H,1H3,(H,11,12). The van der Waals surface area contributed by atoms with Crippen LogP contribution in [-0.4, -0.2) is 20.2 Å². The Hall–Kier alpha value is -2.17. The highest BCUT2D eigenvalue weighted by atomic mass is 16.4. The Morgan fingerprint density at radius 2 is 2.20 bits per heavy atom. The third-order valence-corrected chi connectivity index (χ3v) is 2.22. The van der Waals surface area contributed by atoms with Crippen LogP contribution in [0.3, 0.4) is 0 Å². The molecule has 5 heteroatoms. The van der Waals surface area contributed by atoms with Gasteiger partial charge in [0, 0.05) is 24.7 Å². The molecule has 3 heterocycles. The highest BCUT2D eigenvalue weighted by Crippen LogP contribution is 2.25. The molecule has 0 atom stereocenters. The molecular formula is C10H8N4O. The van der Waals surface area contributed by atoms with Crippen molar-refractivity contribution in [1.82, 2.24) is 20.2 Å². The fourth-order valence-electron chi connectivity index (χ4n) is 1.55. The number of aromatic amines is 1. The maximum atomic E-state index is 5.38. The summed E-state index contributed by atoms with van der Waals surface area (Å²) in [5.41, 5.74) is 1.73. The normalized spacial score (nSPS) is 11.0. The summed E-state index contributed by atoms with van der Waals surface area (Å²) in [6, 6.07) is 3.81. The first-order valence-corrected chi connectivity index (χ1v) is 4.57. The van der Waals surface area contributed by atoms with Crippen LogP contribution in [0.15, 0.2) is 28.9 Å². The van der Waals surface area contributed by atoms with Gasteiger partial charge in [0.2, 0.25) is 11.8 Å². The summed E-state index contributed by atoms with van der Waals surface area (Å²) in [5.74, 6) is 1.09. The van der Waals surface area contributed by atoms with E-state index in [4.69, 9.17) is 4.42 Å². The van der Waals surface area contributed by atoms with Gasteiger partial charge in [-0.1, -0.05) is 0 Å². The average molecular weight is 200 g/mol. The Morgan fingerprint density at radius 3 is 3.00 bits per heavy atom. The zero-order chi connectivity index (χ0) is 10.3. The molecule has 1 N–H and O–H groups in total. The Morgan fingerprint density at radius 1 is 1.27 bits per heavy atom. The van der Waals surface area contributed by atoms with Crippen molar-refractivity contribution >= 4 is 11.0 Å². The predicted molar refractivity (Wildman–Crippen MR) is 54.1 cm³/mol. The van der Waals surface area contributed by atoms with Gasteiger partial charge in [0.15, 0.2) is 0 Å². The van der Waals surface area contributed by atoms with E-state index in [0.29, 0.717) is 11.8 Å². The molecule has 0 spiro atoms. The number of fused-ring (bicyclic) bond motifs is 1. The molecule has 0 bridgehead atoms. The van der Waals surface area contributed by atoms with Crippen molar-refractivity contribution < 1.29 is 4.42 Å². The number of nitrogens with one attached hydrogen (secondary N) is 1. The molecule has 0 radical (unpaired) electrons. The van der Waals surface area contributed by atoms with Crippen LogP contribution >= 0.6 is 0 Å². The molecule has 74 valence electrons. The summed E-state index contributed by atoms with van der Waals surface area (Å²) >= 11 is 0. The fourth-order valence-corrected chi connectivity index (χ4v) is 1.55.